The molecule has 0 spiro atoms. The summed E-state index contributed by atoms with van der Waals surface area (Å²) >= 11 is 0. The summed E-state index contributed by atoms with van der Waals surface area (Å²) in [6, 6.07) is 15.3. The molecule has 0 atom stereocenters. The average Bonchev–Trinajstić information content (AvgIpc) is 3.54. The normalized spacial score (nSPS) is 12.6. The number of pyridine rings is 1. The van der Waals surface area contributed by atoms with Crippen LogP contribution in [0.2, 0.25) is 0 Å². The zero-order chi connectivity index (χ0) is 27.5. The van der Waals surface area contributed by atoms with Crippen molar-refractivity contribution in [3.63, 3.8) is 0 Å². The number of fused-ring (bicyclic) bond motifs is 2. The summed E-state index contributed by atoms with van der Waals surface area (Å²) in [6.07, 6.45) is 7.81. The lowest BCUT2D eigenvalue weighted by Crippen LogP contribution is -2.20. The van der Waals surface area contributed by atoms with E-state index >= 15 is 0 Å². The number of likely N-dealkylation sites (N-methyl/N-ethyl adjacent to an activating group) is 1. The summed E-state index contributed by atoms with van der Waals surface area (Å²) < 4.78 is 14.6. The first-order valence-corrected chi connectivity index (χ1v) is 13.0. The van der Waals surface area contributed by atoms with Crippen LogP contribution in [0, 0.1) is 5.82 Å². The second-order valence-corrected chi connectivity index (χ2v) is 9.93. The van der Waals surface area contributed by atoms with Crippen LogP contribution in [0.1, 0.15) is 19.4 Å². The van der Waals surface area contributed by atoms with Crippen LogP contribution in [-0.4, -0.2) is 52.3 Å². The molecule has 3 heterocycles. The summed E-state index contributed by atoms with van der Waals surface area (Å²) in [5, 5.41) is 13.0. The van der Waals surface area contributed by atoms with Crippen LogP contribution in [0.3, 0.4) is 0 Å². The Bertz CT molecular complexity index is 1720. The SMILES string of the molecule is C=C/C(C)=C\C(=C/C)c1ccc2[nH]nc(-c3cc4c(-c5cc(F)cc(NCCN(C)C)c5)nccc4[nH]3)c2c1. The number of aromatic amines is 2. The fourth-order valence-electron chi connectivity index (χ4n) is 4.70. The molecular weight excluding hydrogens is 487 g/mol. The van der Waals surface area contributed by atoms with E-state index in [2.05, 4.69) is 67.3 Å². The van der Waals surface area contributed by atoms with Crippen LogP contribution in [0.5, 0.6) is 0 Å². The third-order valence-corrected chi connectivity index (χ3v) is 6.77. The lowest BCUT2D eigenvalue weighted by atomic mass is 10.0. The van der Waals surface area contributed by atoms with Gasteiger partial charge >= 0.3 is 0 Å². The third kappa shape index (κ3) is 5.54. The van der Waals surface area contributed by atoms with E-state index in [1.165, 1.54) is 12.1 Å². The highest BCUT2D eigenvalue weighted by molar-refractivity contribution is 6.01. The number of nitrogens with zero attached hydrogens (tertiary/aromatic N) is 3. The molecule has 0 radical (unpaired) electrons. The minimum absolute atomic E-state index is 0.305. The Morgan fingerprint density at radius 2 is 1.87 bits per heavy atom. The molecule has 0 saturated heterocycles. The number of allylic oxidation sites excluding steroid dienone is 5. The lowest BCUT2D eigenvalue weighted by molar-refractivity contribution is 0.425. The van der Waals surface area contributed by atoms with Gasteiger partial charge in [0.05, 0.1) is 16.9 Å². The van der Waals surface area contributed by atoms with E-state index < -0.39 is 0 Å². The van der Waals surface area contributed by atoms with Crippen molar-refractivity contribution in [1.82, 2.24) is 25.1 Å². The Morgan fingerprint density at radius 1 is 1.05 bits per heavy atom. The fraction of sp³-hybridized carbons (Fsp3) is 0.188. The number of nitrogens with one attached hydrogen (secondary N) is 3. The van der Waals surface area contributed by atoms with Gasteiger partial charge in [0.2, 0.25) is 0 Å². The summed E-state index contributed by atoms with van der Waals surface area (Å²) in [4.78, 5) is 10.2. The molecule has 39 heavy (non-hydrogen) atoms. The predicted octanol–water partition coefficient (Wildman–Crippen LogP) is 7.42. The lowest BCUT2D eigenvalue weighted by Gasteiger charge is -2.12. The van der Waals surface area contributed by atoms with Crippen LogP contribution in [-0.2, 0) is 0 Å². The molecule has 0 unspecified atom stereocenters. The summed E-state index contributed by atoms with van der Waals surface area (Å²) in [7, 11) is 4.02. The minimum Gasteiger partial charge on any atom is -0.384 e. The molecule has 0 aliphatic heterocycles. The van der Waals surface area contributed by atoms with Gasteiger partial charge in [0.1, 0.15) is 11.5 Å². The predicted molar refractivity (Wildman–Crippen MR) is 161 cm³/mol. The number of H-pyrrole nitrogens is 2. The molecule has 3 aromatic heterocycles. The molecule has 0 bridgehead atoms. The monoisotopic (exact) mass is 520 g/mol. The number of aromatic nitrogens is 4. The molecule has 198 valence electrons. The zero-order valence-electron chi connectivity index (χ0n) is 22.8. The number of rotatable bonds is 9. The van der Waals surface area contributed by atoms with Crippen molar-refractivity contribution < 1.29 is 4.39 Å². The van der Waals surface area contributed by atoms with Crippen molar-refractivity contribution in [3.8, 4) is 22.6 Å². The second-order valence-electron chi connectivity index (χ2n) is 9.93. The number of hydrogen-bond donors (Lipinski definition) is 3. The van der Waals surface area contributed by atoms with Gasteiger partial charge in [0, 0.05) is 46.8 Å². The Hall–Kier alpha value is -4.49. The first-order valence-electron chi connectivity index (χ1n) is 13.0. The molecule has 2 aromatic carbocycles. The van der Waals surface area contributed by atoms with Crippen LogP contribution in [0.25, 0.3) is 50.0 Å². The van der Waals surface area contributed by atoms with Gasteiger partial charge in [0.25, 0.3) is 0 Å². The molecule has 0 aliphatic carbocycles. The van der Waals surface area contributed by atoms with Crippen LogP contribution in [0.4, 0.5) is 10.1 Å². The molecular formula is C32H33FN6. The van der Waals surface area contributed by atoms with E-state index in [1.807, 2.05) is 52.2 Å². The van der Waals surface area contributed by atoms with E-state index in [0.717, 1.165) is 67.7 Å². The van der Waals surface area contributed by atoms with Crippen molar-refractivity contribution in [1.29, 1.82) is 0 Å². The Kier molecular flexibility index (Phi) is 7.43. The maximum absolute atomic E-state index is 14.6. The van der Waals surface area contributed by atoms with Gasteiger partial charge in [-0.2, -0.15) is 5.10 Å². The smallest absolute Gasteiger partial charge is 0.125 e. The highest BCUT2D eigenvalue weighted by Crippen LogP contribution is 2.35. The number of hydrogen-bond acceptors (Lipinski definition) is 4. The molecule has 5 rings (SSSR count). The van der Waals surface area contributed by atoms with Gasteiger partial charge in [-0.3, -0.25) is 10.1 Å². The minimum atomic E-state index is -0.305. The molecule has 3 N–H and O–H groups in total. The number of benzene rings is 2. The Morgan fingerprint density at radius 3 is 2.64 bits per heavy atom. The fourth-order valence-corrected chi connectivity index (χ4v) is 4.70. The van der Waals surface area contributed by atoms with Crippen LogP contribution >= 0.6 is 0 Å². The number of anilines is 1. The quantitative estimate of drug-likeness (QED) is 0.177. The largest absolute Gasteiger partial charge is 0.384 e. The molecule has 0 amide bonds. The van der Waals surface area contributed by atoms with E-state index in [0.29, 0.717) is 12.2 Å². The topological polar surface area (TPSA) is 72.6 Å². The summed E-state index contributed by atoms with van der Waals surface area (Å²) in [5.41, 5.74) is 9.01. The second kappa shape index (κ2) is 11.1. The zero-order valence-corrected chi connectivity index (χ0v) is 22.8. The molecule has 0 saturated carbocycles. The maximum Gasteiger partial charge on any atom is 0.125 e. The van der Waals surface area contributed by atoms with Crippen molar-refractivity contribution in [2.45, 2.75) is 13.8 Å². The van der Waals surface area contributed by atoms with E-state index in [-0.39, 0.29) is 5.82 Å². The molecule has 7 heteroatoms. The van der Waals surface area contributed by atoms with Crippen molar-refractivity contribution in [3.05, 3.63) is 96.5 Å². The first kappa shape index (κ1) is 26.1. The Labute approximate surface area is 228 Å². The van der Waals surface area contributed by atoms with E-state index in [1.54, 1.807) is 6.20 Å². The highest BCUT2D eigenvalue weighted by Gasteiger charge is 2.16. The van der Waals surface area contributed by atoms with Crippen molar-refractivity contribution in [2.75, 3.05) is 32.5 Å². The summed E-state index contributed by atoms with van der Waals surface area (Å²) in [6.45, 7) is 9.50. The van der Waals surface area contributed by atoms with Crippen molar-refractivity contribution >= 4 is 33.1 Å². The van der Waals surface area contributed by atoms with Crippen LogP contribution in [0.15, 0.2) is 85.1 Å². The van der Waals surface area contributed by atoms with E-state index in [4.69, 9.17) is 0 Å². The van der Waals surface area contributed by atoms with Crippen molar-refractivity contribution in [2.24, 2.45) is 0 Å². The number of halogens is 1. The van der Waals surface area contributed by atoms with Crippen LogP contribution < -0.4 is 5.32 Å². The van der Waals surface area contributed by atoms with E-state index in [9.17, 15) is 4.39 Å². The standard InChI is InChI=1S/C32H33FN6/c1-6-20(3)14-21(7-2)22-8-9-29-26(17-22)32(38-37-29)30-19-27-28(36-30)10-11-35-31(27)23-15-24(33)18-25(16-23)34-12-13-39(4)5/h6-11,14-19,34,36H,1,12-13H2,2-5H3,(H,37,38)/b20-14-,21-7+. The van der Waals surface area contributed by atoms with Gasteiger partial charge in [-0.05, 0) is 81.5 Å². The van der Waals surface area contributed by atoms with Gasteiger partial charge in [-0.25, -0.2) is 4.39 Å². The van der Waals surface area contributed by atoms with Gasteiger partial charge in [-0.1, -0.05) is 36.4 Å². The molecule has 0 fully saturated rings. The first-order chi connectivity index (χ1) is 18.9. The molecule has 5 aromatic rings. The molecule has 6 nitrogen and oxygen atoms in total. The third-order valence-electron chi connectivity index (χ3n) is 6.77. The average molecular weight is 521 g/mol. The van der Waals surface area contributed by atoms with Gasteiger partial charge < -0.3 is 15.2 Å². The highest BCUT2D eigenvalue weighted by atomic mass is 19.1. The maximum atomic E-state index is 14.6. The molecule has 0 aliphatic rings. The van der Waals surface area contributed by atoms with Gasteiger partial charge in [-0.15, -0.1) is 0 Å². The Balaban J connectivity index is 1.55. The summed E-state index contributed by atoms with van der Waals surface area (Å²) in [5.74, 6) is -0.305. The van der Waals surface area contributed by atoms with Gasteiger partial charge in [0.15, 0.2) is 0 Å².